The fourth-order valence-electron chi connectivity index (χ4n) is 2.63. The van der Waals surface area contributed by atoms with Crippen molar-refractivity contribution in [3.63, 3.8) is 0 Å². The molecule has 0 aliphatic carbocycles. The molecular formula is C15H21N3O3. The van der Waals surface area contributed by atoms with Gasteiger partial charge in [-0.1, -0.05) is 18.2 Å². The molecule has 0 bridgehead atoms. The highest BCUT2D eigenvalue weighted by Gasteiger charge is 2.33. The van der Waals surface area contributed by atoms with Gasteiger partial charge in [0.25, 0.3) is 0 Å². The van der Waals surface area contributed by atoms with Crippen molar-refractivity contribution >= 4 is 17.7 Å². The molecule has 114 valence electrons. The summed E-state index contributed by atoms with van der Waals surface area (Å²) < 4.78 is 0. The summed E-state index contributed by atoms with van der Waals surface area (Å²) in [6.45, 7) is 1.87. The summed E-state index contributed by atoms with van der Waals surface area (Å²) in [5.41, 5.74) is 1.75. The molecule has 1 unspecified atom stereocenters. The van der Waals surface area contributed by atoms with E-state index in [2.05, 4.69) is 10.6 Å². The molecule has 3 N–H and O–H groups in total. The number of rotatable bonds is 6. The number of carboxylic acid groups (broad SMARTS) is 1. The van der Waals surface area contributed by atoms with Gasteiger partial charge in [0.15, 0.2) is 0 Å². The second kappa shape index (κ2) is 7.08. The maximum absolute atomic E-state index is 12.2. The van der Waals surface area contributed by atoms with Crippen molar-refractivity contribution < 1.29 is 14.7 Å². The van der Waals surface area contributed by atoms with Gasteiger partial charge in [-0.2, -0.15) is 0 Å². The SMILES string of the molecule is CNCCCNC(=O)N1CC(CC(=O)O)c2ccccc21. The molecule has 1 heterocycles. The Morgan fingerprint density at radius 3 is 2.81 bits per heavy atom. The number of carbonyl (C=O) groups is 2. The number of carboxylic acids is 1. The van der Waals surface area contributed by atoms with Crippen LogP contribution < -0.4 is 15.5 Å². The number of amides is 2. The summed E-state index contributed by atoms with van der Waals surface area (Å²) in [6, 6.07) is 7.35. The van der Waals surface area contributed by atoms with Gasteiger partial charge in [-0.15, -0.1) is 0 Å². The number of anilines is 1. The number of urea groups is 1. The van der Waals surface area contributed by atoms with E-state index in [9.17, 15) is 9.59 Å². The first-order valence-corrected chi connectivity index (χ1v) is 7.14. The van der Waals surface area contributed by atoms with Gasteiger partial charge < -0.3 is 15.7 Å². The van der Waals surface area contributed by atoms with E-state index in [1.54, 1.807) is 4.90 Å². The highest BCUT2D eigenvalue weighted by Crippen LogP contribution is 2.37. The van der Waals surface area contributed by atoms with Crippen LogP contribution in [0.25, 0.3) is 0 Å². The Kier molecular flexibility index (Phi) is 5.16. The molecule has 1 atom stereocenters. The molecule has 0 aromatic heterocycles. The molecule has 1 aromatic rings. The van der Waals surface area contributed by atoms with Gasteiger partial charge in [0.05, 0.1) is 6.42 Å². The first-order chi connectivity index (χ1) is 10.1. The third-order valence-electron chi connectivity index (χ3n) is 3.62. The number of aliphatic carboxylic acids is 1. The number of fused-ring (bicyclic) bond motifs is 1. The molecule has 1 aliphatic rings. The van der Waals surface area contributed by atoms with Crippen LogP contribution >= 0.6 is 0 Å². The Morgan fingerprint density at radius 1 is 1.33 bits per heavy atom. The average molecular weight is 291 g/mol. The van der Waals surface area contributed by atoms with E-state index >= 15 is 0 Å². The number of para-hydroxylation sites is 1. The quantitative estimate of drug-likeness (QED) is 0.692. The third kappa shape index (κ3) is 3.72. The van der Waals surface area contributed by atoms with Crippen molar-refractivity contribution in [1.82, 2.24) is 10.6 Å². The minimum atomic E-state index is -0.842. The topological polar surface area (TPSA) is 81.7 Å². The molecule has 2 rings (SSSR count). The standard InChI is InChI=1S/C15H21N3O3/c1-16-7-4-8-17-15(21)18-10-11(9-14(19)20)12-5-2-3-6-13(12)18/h2-3,5-6,11,16H,4,7-10H2,1H3,(H,17,21)(H,19,20). The van der Waals surface area contributed by atoms with Gasteiger partial charge in [0.2, 0.25) is 0 Å². The number of nitrogens with one attached hydrogen (secondary N) is 2. The maximum Gasteiger partial charge on any atom is 0.321 e. The molecule has 0 fully saturated rings. The Morgan fingerprint density at radius 2 is 2.10 bits per heavy atom. The molecule has 0 radical (unpaired) electrons. The van der Waals surface area contributed by atoms with Crippen LogP contribution in [0.2, 0.25) is 0 Å². The number of hydrogen-bond donors (Lipinski definition) is 3. The van der Waals surface area contributed by atoms with Gasteiger partial charge in [-0.05, 0) is 31.6 Å². The summed E-state index contributed by atoms with van der Waals surface area (Å²) in [6.07, 6.45) is 0.900. The highest BCUT2D eigenvalue weighted by atomic mass is 16.4. The second-order valence-electron chi connectivity index (χ2n) is 5.15. The number of hydrogen-bond acceptors (Lipinski definition) is 3. The maximum atomic E-state index is 12.2. The minimum Gasteiger partial charge on any atom is -0.481 e. The van der Waals surface area contributed by atoms with Crippen LogP contribution in [0.3, 0.4) is 0 Å². The zero-order valence-electron chi connectivity index (χ0n) is 12.1. The predicted octanol–water partition coefficient (Wildman–Crippen LogP) is 1.38. The molecule has 0 saturated carbocycles. The monoisotopic (exact) mass is 291 g/mol. The van der Waals surface area contributed by atoms with Crippen LogP contribution in [-0.4, -0.2) is 43.8 Å². The summed E-state index contributed by atoms with van der Waals surface area (Å²) in [7, 11) is 1.87. The van der Waals surface area contributed by atoms with Crippen molar-refractivity contribution in [3.05, 3.63) is 29.8 Å². The Hall–Kier alpha value is -2.08. The molecule has 1 aromatic carbocycles. The lowest BCUT2D eigenvalue weighted by Gasteiger charge is -2.18. The molecule has 0 spiro atoms. The smallest absolute Gasteiger partial charge is 0.321 e. The van der Waals surface area contributed by atoms with Crippen LogP contribution in [0.15, 0.2) is 24.3 Å². The van der Waals surface area contributed by atoms with Crippen molar-refractivity contribution in [2.24, 2.45) is 0 Å². The van der Waals surface area contributed by atoms with E-state index in [1.165, 1.54) is 0 Å². The summed E-state index contributed by atoms with van der Waals surface area (Å²) in [5, 5.41) is 14.9. The molecule has 6 nitrogen and oxygen atoms in total. The fourth-order valence-corrected chi connectivity index (χ4v) is 2.63. The van der Waals surface area contributed by atoms with Crippen LogP contribution in [0.1, 0.15) is 24.3 Å². The van der Waals surface area contributed by atoms with Crippen molar-refractivity contribution in [1.29, 1.82) is 0 Å². The van der Waals surface area contributed by atoms with Gasteiger partial charge in [-0.25, -0.2) is 4.79 Å². The Bertz CT molecular complexity index is 519. The highest BCUT2D eigenvalue weighted by molar-refractivity contribution is 5.95. The number of nitrogens with zero attached hydrogens (tertiary/aromatic N) is 1. The lowest BCUT2D eigenvalue weighted by atomic mass is 9.98. The fraction of sp³-hybridized carbons (Fsp3) is 0.467. The van der Waals surface area contributed by atoms with Crippen LogP contribution in [0.4, 0.5) is 10.5 Å². The van der Waals surface area contributed by atoms with E-state index in [1.807, 2.05) is 31.3 Å². The first kappa shape index (κ1) is 15.3. The number of benzene rings is 1. The predicted molar refractivity (Wildman–Crippen MR) is 80.7 cm³/mol. The van der Waals surface area contributed by atoms with Crippen LogP contribution in [0.5, 0.6) is 0 Å². The zero-order chi connectivity index (χ0) is 15.2. The van der Waals surface area contributed by atoms with Crippen molar-refractivity contribution in [2.45, 2.75) is 18.8 Å². The summed E-state index contributed by atoms with van der Waals surface area (Å²) in [5.74, 6) is -0.979. The van der Waals surface area contributed by atoms with Gasteiger partial charge >= 0.3 is 12.0 Å². The van der Waals surface area contributed by atoms with E-state index in [-0.39, 0.29) is 18.4 Å². The lowest BCUT2D eigenvalue weighted by Crippen LogP contribution is -2.40. The summed E-state index contributed by atoms with van der Waals surface area (Å²) in [4.78, 5) is 24.9. The Labute approximate surface area is 124 Å². The van der Waals surface area contributed by atoms with Crippen LogP contribution in [-0.2, 0) is 4.79 Å². The van der Waals surface area contributed by atoms with E-state index in [0.717, 1.165) is 24.2 Å². The molecule has 6 heteroatoms. The minimum absolute atomic E-state index is 0.0422. The van der Waals surface area contributed by atoms with Crippen molar-refractivity contribution in [2.75, 3.05) is 31.6 Å². The molecular weight excluding hydrogens is 270 g/mol. The summed E-state index contributed by atoms with van der Waals surface area (Å²) >= 11 is 0. The molecule has 1 aliphatic heterocycles. The van der Waals surface area contributed by atoms with E-state index in [0.29, 0.717) is 13.1 Å². The first-order valence-electron chi connectivity index (χ1n) is 7.14. The Balaban J connectivity index is 2.04. The molecule has 21 heavy (non-hydrogen) atoms. The second-order valence-corrected chi connectivity index (χ2v) is 5.15. The van der Waals surface area contributed by atoms with Gasteiger partial charge in [0.1, 0.15) is 0 Å². The normalized spacial score (nSPS) is 16.6. The lowest BCUT2D eigenvalue weighted by molar-refractivity contribution is -0.137. The van der Waals surface area contributed by atoms with Crippen molar-refractivity contribution in [3.8, 4) is 0 Å². The largest absolute Gasteiger partial charge is 0.481 e. The van der Waals surface area contributed by atoms with E-state index < -0.39 is 5.97 Å². The molecule has 0 saturated heterocycles. The zero-order valence-corrected chi connectivity index (χ0v) is 12.1. The van der Waals surface area contributed by atoms with Crippen LogP contribution in [0, 0.1) is 0 Å². The average Bonchev–Trinajstić information content (AvgIpc) is 2.82. The van der Waals surface area contributed by atoms with Gasteiger partial charge in [0, 0.05) is 24.7 Å². The molecule has 2 amide bonds. The number of carbonyl (C=O) groups excluding carboxylic acids is 1. The van der Waals surface area contributed by atoms with E-state index in [4.69, 9.17) is 5.11 Å². The third-order valence-corrected chi connectivity index (χ3v) is 3.62. The van der Waals surface area contributed by atoms with Gasteiger partial charge in [-0.3, -0.25) is 9.69 Å².